The van der Waals surface area contributed by atoms with E-state index in [9.17, 15) is 4.79 Å². The van der Waals surface area contributed by atoms with Crippen LogP contribution in [0.4, 0.5) is 0 Å². The average Bonchev–Trinajstić information content (AvgIpc) is 2.72. The minimum absolute atomic E-state index is 0.0616. The smallest absolute Gasteiger partial charge is 0.227 e. The van der Waals surface area contributed by atoms with Crippen LogP contribution in [0.5, 0.6) is 0 Å². The fourth-order valence-corrected chi connectivity index (χ4v) is 3.11. The molecule has 1 fully saturated rings. The molecule has 0 bridgehead atoms. The molecule has 0 unspecified atom stereocenters. The second kappa shape index (κ2) is 5.95. The third-order valence-corrected chi connectivity index (χ3v) is 3.86. The molecular formula is C14H22ClN3O. The van der Waals surface area contributed by atoms with Crippen LogP contribution >= 0.6 is 11.6 Å². The van der Waals surface area contributed by atoms with E-state index >= 15 is 0 Å². The Morgan fingerprint density at radius 3 is 2.63 bits per heavy atom. The second-order valence-electron chi connectivity index (χ2n) is 5.97. The number of piperidine rings is 1. The highest BCUT2D eigenvalue weighted by molar-refractivity contribution is 6.30. The van der Waals surface area contributed by atoms with Crippen molar-refractivity contribution in [1.29, 1.82) is 0 Å². The monoisotopic (exact) mass is 283 g/mol. The van der Waals surface area contributed by atoms with E-state index in [1.165, 1.54) is 6.42 Å². The highest BCUT2D eigenvalue weighted by Gasteiger charge is 2.28. The van der Waals surface area contributed by atoms with Gasteiger partial charge in [0, 0.05) is 19.3 Å². The Hall–Kier alpha value is -1.03. The third kappa shape index (κ3) is 3.72. The molecule has 1 aliphatic rings. The first kappa shape index (κ1) is 14.4. The molecule has 1 saturated heterocycles. The number of rotatable bonds is 3. The number of carbonyl (C=O) groups excluding carboxylic acids is 1. The Bertz CT molecular complexity index is 436. The second-order valence-corrected chi connectivity index (χ2v) is 6.41. The van der Waals surface area contributed by atoms with Crippen molar-refractivity contribution in [2.24, 2.45) is 17.8 Å². The van der Waals surface area contributed by atoms with Crippen LogP contribution in [0, 0.1) is 17.8 Å². The van der Waals surface area contributed by atoms with Gasteiger partial charge in [-0.25, -0.2) is 0 Å². The van der Waals surface area contributed by atoms with Gasteiger partial charge in [0.25, 0.3) is 0 Å². The molecule has 1 aromatic heterocycles. The maximum Gasteiger partial charge on any atom is 0.227 e. The molecule has 2 rings (SSSR count). The zero-order valence-corrected chi connectivity index (χ0v) is 12.6. The van der Waals surface area contributed by atoms with Crippen LogP contribution in [0.25, 0.3) is 0 Å². The fraction of sp³-hybridized carbons (Fsp3) is 0.714. The van der Waals surface area contributed by atoms with Crippen molar-refractivity contribution in [3.63, 3.8) is 0 Å². The van der Waals surface area contributed by atoms with Crippen molar-refractivity contribution in [3.8, 4) is 0 Å². The Labute approximate surface area is 119 Å². The first-order valence-electron chi connectivity index (χ1n) is 6.92. The first-order valence-corrected chi connectivity index (χ1v) is 7.30. The highest BCUT2D eigenvalue weighted by Crippen LogP contribution is 2.22. The summed E-state index contributed by atoms with van der Waals surface area (Å²) in [5.74, 6) is 1.36. The van der Waals surface area contributed by atoms with Crippen LogP contribution in [0.2, 0.25) is 5.02 Å². The summed E-state index contributed by atoms with van der Waals surface area (Å²) in [7, 11) is 0. The maximum absolute atomic E-state index is 12.5. The first-order chi connectivity index (χ1) is 8.95. The van der Waals surface area contributed by atoms with Gasteiger partial charge in [-0.05, 0) is 18.3 Å². The molecular weight excluding hydrogens is 262 g/mol. The minimum atomic E-state index is -0.0616. The van der Waals surface area contributed by atoms with Gasteiger partial charge in [-0.2, -0.15) is 5.10 Å². The number of carbonyl (C=O) groups is 1. The zero-order chi connectivity index (χ0) is 14.0. The summed E-state index contributed by atoms with van der Waals surface area (Å²) < 4.78 is 1.74. The van der Waals surface area contributed by atoms with E-state index in [1.807, 2.05) is 11.8 Å². The third-order valence-electron chi connectivity index (χ3n) is 3.66. The Morgan fingerprint density at radius 2 is 2.11 bits per heavy atom. The SMILES string of the molecule is C[C@@H]1C[C@H](C)CN(C(=O)[C@@H](C)Cn2cc(Cl)cn2)C1. The molecule has 106 valence electrons. The van der Waals surface area contributed by atoms with Gasteiger partial charge in [0.1, 0.15) is 0 Å². The number of aromatic nitrogens is 2. The molecule has 0 radical (unpaired) electrons. The minimum Gasteiger partial charge on any atom is -0.342 e. The summed E-state index contributed by atoms with van der Waals surface area (Å²) in [5, 5.41) is 4.74. The van der Waals surface area contributed by atoms with Crippen LogP contribution in [-0.2, 0) is 11.3 Å². The molecule has 1 aliphatic heterocycles. The van der Waals surface area contributed by atoms with E-state index in [4.69, 9.17) is 11.6 Å². The van der Waals surface area contributed by atoms with Gasteiger partial charge in [0.05, 0.1) is 23.7 Å². The lowest BCUT2D eigenvalue weighted by molar-refractivity contribution is -0.138. The maximum atomic E-state index is 12.5. The standard InChI is InChI=1S/C14H22ClN3O/c1-10-4-11(2)7-17(6-10)14(19)12(3)8-18-9-13(15)5-16-18/h5,9-12H,4,6-8H2,1-3H3/t10-,11+,12-/m0/s1. The van der Waals surface area contributed by atoms with E-state index in [1.54, 1.807) is 17.1 Å². The molecule has 0 aliphatic carbocycles. The number of hydrogen-bond acceptors (Lipinski definition) is 2. The van der Waals surface area contributed by atoms with Crippen LogP contribution in [-0.4, -0.2) is 33.7 Å². The van der Waals surface area contributed by atoms with E-state index in [2.05, 4.69) is 18.9 Å². The van der Waals surface area contributed by atoms with Gasteiger partial charge in [-0.1, -0.05) is 32.4 Å². The number of hydrogen-bond donors (Lipinski definition) is 0. The molecule has 1 amide bonds. The Balaban J connectivity index is 1.94. The summed E-state index contributed by atoms with van der Waals surface area (Å²) in [6.07, 6.45) is 4.57. The normalized spacial score (nSPS) is 25.4. The molecule has 5 heteroatoms. The summed E-state index contributed by atoms with van der Waals surface area (Å²) in [6, 6.07) is 0. The lowest BCUT2D eigenvalue weighted by Crippen LogP contribution is -2.45. The molecule has 19 heavy (non-hydrogen) atoms. The van der Waals surface area contributed by atoms with Crippen molar-refractivity contribution < 1.29 is 4.79 Å². The number of halogens is 1. The average molecular weight is 284 g/mol. The predicted octanol–water partition coefficient (Wildman–Crippen LogP) is 2.68. The molecule has 0 N–H and O–H groups in total. The topological polar surface area (TPSA) is 38.1 Å². The van der Waals surface area contributed by atoms with Gasteiger partial charge in [0.15, 0.2) is 0 Å². The molecule has 3 atom stereocenters. The summed E-state index contributed by atoms with van der Waals surface area (Å²) in [5.41, 5.74) is 0. The van der Waals surface area contributed by atoms with Gasteiger partial charge in [-0.15, -0.1) is 0 Å². The van der Waals surface area contributed by atoms with Gasteiger partial charge >= 0.3 is 0 Å². The number of likely N-dealkylation sites (tertiary alicyclic amines) is 1. The highest BCUT2D eigenvalue weighted by atomic mass is 35.5. The number of amides is 1. The fourth-order valence-electron chi connectivity index (χ4n) is 2.95. The van der Waals surface area contributed by atoms with Crippen molar-refractivity contribution in [2.75, 3.05) is 13.1 Å². The lowest BCUT2D eigenvalue weighted by Gasteiger charge is -2.36. The van der Waals surface area contributed by atoms with Crippen molar-refractivity contribution >= 4 is 17.5 Å². The Kier molecular flexibility index (Phi) is 4.50. The molecule has 0 saturated carbocycles. The zero-order valence-electron chi connectivity index (χ0n) is 11.8. The van der Waals surface area contributed by atoms with Crippen LogP contribution < -0.4 is 0 Å². The van der Waals surface area contributed by atoms with Gasteiger partial charge in [0.2, 0.25) is 5.91 Å². The van der Waals surface area contributed by atoms with Crippen LogP contribution in [0.15, 0.2) is 12.4 Å². The molecule has 0 aromatic carbocycles. The Morgan fingerprint density at radius 1 is 1.47 bits per heavy atom. The lowest BCUT2D eigenvalue weighted by atomic mass is 9.91. The number of nitrogens with zero attached hydrogens (tertiary/aromatic N) is 3. The van der Waals surface area contributed by atoms with E-state index in [-0.39, 0.29) is 11.8 Å². The van der Waals surface area contributed by atoms with Crippen molar-refractivity contribution in [1.82, 2.24) is 14.7 Å². The van der Waals surface area contributed by atoms with Crippen molar-refractivity contribution in [3.05, 3.63) is 17.4 Å². The largest absolute Gasteiger partial charge is 0.342 e. The molecule has 2 heterocycles. The van der Waals surface area contributed by atoms with Crippen LogP contribution in [0.3, 0.4) is 0 Å². The summed E-state index contributed by atoms with van der Waals surface area (Å²) in [4.78, 5) is 14.5. The van der Waals surface area contributed by atoms with Crippen molar-refractivity contribution in [2.45, 2.75) is 33.7 Å². The molecule has 0 spiro atoms. The summed E-state index contributed by atoms with van der Waals surface area (Å²) in [6.45, 7) is 8.75. The molecule has 4 nitrogen and oxygen atoms in total. The predicted molar refractivity (Wildman–Crippen MR) is 75.9 cm³/mol. The quantitative estimate of drug-likeness (QED) is 0.855. The van der Waals surface area contributed by atoms with E-state index < -0.39 is 0 Å². The van der Waals surface area contributed by atoms with Gasteiger partial charge in [-0.3, -0.25) is 9.48 Å². The van der Waals surface area contributed by atoms with E-state index in [0.717, 1.165) is 13.1 Å². The van der Waals surface area contributed by atoms with Crippen LogP contribution in [0.1, 0.15) is 27.2 Å². The summed E-state index contributed by atoms with van der Waals surface area (Å²) >= 11 is 5.83. The van der Waals surface area contributed by atoms with Gasteiger partial charge < -0.3 is 4.90 Å². The van der Waals surface area contributed by atoms with E-state index in [0.29, 0.717) is 23.4 Å². The molecule has 1 aromatic rings.